The molecule has 0 amide bonds. The summed E-state index contributed by atoms with van der Waals surface area (Å²) < 4.78 is 10.6. The van der Waals surface area contributed by atoms with Gasteiger partial charge in [0, 0.05) is 23.3 Å². The molecule has 1 heterocycles. The molecule has 0 aliphatic carbocycles. The first-order chi connectivity index (χ1) is 11.2. The van der Waals surface area contributed by atoms with Crippen LogP contribution in [0.2, 0.25) is 5.02 Å². The number of benzene rings is 1. The molecule has 0 saturated heterocycles. The number of carbonyl (C=O) groups is 1. The highest BCUT2D eigenvalue weighted by Crippen LogP contribution is 2.26. The molecule has 6 heteroatoms. The predicted molar refractivity (Wildman–Crippen MR) is 92.5 cm³/mol. The topological polar surface area (TPSA) is 65.2 Å². The monoisotopic (exact) mass is 350 g/mol. The molecule has 130 valence electrons. The molecule has 5 nitrogen and oxygen atoms in total. The van der Waals surface area contributed by atoms with Crippen molar-refractivity contribution < 1.29 is 14.1 Å². The molecule has 1 aromatic carbocycles. The Labute approximate surface area is 147 Å². The minimum absolute atomic E-state index is 0.148. The molecule has 0 radical (unpaired) electrons. The van der Waals surface area contributed by atoms with Crippen LogP contribution in [0, 0.1) is 13.8 Å². The van der Waals surface area contributed by atoms with Gasteiger partial charge in [-0.1, -0.05) is 37.5 Å². The SMILES string of the molecule is Cc1cc(OC(=O)CCCc2nc(C(C)(C)C)no2)cc(C)c1Cl. The van der Waals surface area contributed by atoms with Crippen molar-refractivity contribution in [1.82, 2.24) is 10.1 Å². The molecule has 2 rings (SSSR count). The minimum Gasteiger partial charge on any atom is -0.427 e. The first-order valence-corrected chi connectivity index (χ1v) is 8.35. The lowest BCUT2D eigenvalue weighted by molar-refractivity contribution is -0.134. The normalized spacial score (nSPS) is 11.6. The van der Waals surface area contributed by atoms with Gasteiger partial charge < -0.3 is 9.26 Å². The number of nitrogens with zero attached hydrogens (tertiary/aromatic N) is 2. The molecule has 0 aliphatic rings. The number of aryl methyl sites for hydroxylation is 3. The zero-order chi connectivity index (χ0) is 17.9. The van der Waals surface area contributed by atoms with E-state index >= 15 is 0 Å². The lowest BCUT2D eigenvalue weighted by Crippen LogP contribution is -2.13. The van der Waals surface area contributed by atoms with Crippen LogP contribution in [0.25, 0.3) is 0 Å². The molecule has 0 saturated carbocycles. The molecule has 24 heavy (non-hydrogen) atoms. The van der Waals surface area contributed by atoms with E-state index in [1.165, 1.54) is 0 Å². The Bertz CT molecular complexity index is 709. The van der Waals surface area contributed by atoms with Crippen LogP contribution >= 0.6 is 11.6 Å². The molecule has 0 aliphatic heterocycles. The first-order valence-electron chi connectivity index (χ1n) is 7.97. The third kappa shape index (κ3) is 4.81. The minimum atomic E-state index is -0.285. The second-order valence-electron chi connectivity index (χ2n) is 6.96. The molecule has 2 aromatic rings. The number of carbonyl (C=O) groups excluding carboxylic acids is 1. The quantitative estimate of drug-likeness (QED) is 0.584. The van der Waals surface area contributed by atoms with Gasteiger partial charge in [-0.2, -0.15) is 4.98 Å². The smallest absolute Gasteiger partial charge is 0.311 e. The Morgan fingerprint density at radius 2 is 1.88 bits per heavy atom. The standard InChI is InChI=1S/C18H23ClN2O3/c1-11-9-13(10-12(2)16(11)19)23-15(22)8-6-7-14-20-17(21-24-14)18(3,4)5/h9-10H,6-8H2,1-5H3. The van der Waals surface area contributed by atoms with Gasteiger partial charge in [0.25, 0.3) is 0 Å². The molecule has 0 atom stereocenters. The van der Waals surface area contributed by atoms with Crippen molar-refractivity contribution in [2.45, 2.75) is 59.3 Å². The average molecular weight is 351 g/mol. The third-order valence-electron chi connectivity index (χ3n) is 3.55. The van der Waals surface area contributed by atoms with Crippen LogP contribution in [-0.2, 0) is 16.6 Å². The highest BCUT2D eigenvalue weighted by atomic mass is 35.5. The molecule has 0 spiro atoms. The molecular weight excluding hydrogens is 328 g/mol. The van der Waals surface area contributed by atoms with Crippen LogP contribution in [0.15, 0.2) is 16.7 Å². The Kier molecular flexibility index (Phi) is 5.65. The van der Waals surface area contributed by atoms with Crippen molar-refractivity contribution in [2.75, 3.05) is 0 Å². The van der Waals surface area contributed by atoms with Crippen LogP contribution < -0.4 is 4.74 Å². The van der Waals surface area contributed by atoms with E-state index in [0.29, 0.717) is 35.3 Å². The van der Waals surface area contributed by atoms with Gasteiger partial charge in [-0.05, 0) is 43.5 Å². The number of esters is 1. The molecular formula is C18H23ClN2O3. The number of halogens is 1. The zero-order valence-electron chi connectivity index (χ0n) is 14.8. The van der Waals surface area contributed by atoms with E-state index in [9.17, 15) is 4.79 Å². The number of aromatic nitrogens is 2. The van der Waals surface area contributed by atoms with Gasteiger partial charge in [-0.25, -0.2) is 0 Å². The summed E-state index contributed by atoms with van der Waals surface area (Å²) in [5.74, 6) is 1.46. The molecule has 0 bridgehead atoms. The summed E-state index contributed by atoms with van der Waals surface area (Å²) in [6.45, 7) is 9.84. The van der Waals surface area contributed by atoms with Crippen molar-refractivity contribution in [3.63, 3.8) is 0 Å². The number of hydrogen-bond donors (Lipinski definition) is 0. The van der Waals surface area contributed by atoms with Crippen molar-refractivity contribution in [1.29, 1.82) is 0 Å². The Balaban J connectivity index is 1.84. The van der Waals surface area contributed by atoms with E-state index in [2.05, 4.69) is 10.1 Å². The van der Waals surface area contributed by atoms with Crippen LogP contribution in [-0.4, -0.2) is 16.1 Å². The number of hydrogen-bond acceptors (Lipinski definition) is 5. The van der Waals surface area contributed by atoms with E-state index in [1.807, 2.05) is 34.6 Å². The van der Waals surface area contributed by atoms with E-state index in [1.54, 1.807) is 12.1 Å². The van der Waals surface area contributed by atoms with Crippen LogP contribution in [0.5, 0.6) is 5.75 Å². The van der Waals surface area contributed by atoms with Gasteiger partial charge in [0.05, 0.1) is 0 Å². The summed E-state index contributed by atoms with van der Waals surface area (Å²) in [6.07, 6.45) is 1.43. The van der Waals surface area contributed by atoms with Gasteiger partial charge in [-0.3, -0.25) is 4.79 Å². The maximum atomic E-state index is 12.0. The van der Waals surface area contributed by atoms with Gasteiger partial charge in [0.2, 0.25) is 5.89 Å². The van der Waals surface area contributed by atoms with Gasteiger partial charge in [0.1, 0.15) is 5.75 Å². The Hall–Kier alpha value is -1.88. The highest BCUT2D eigenvalue weighted by Gasteiger charge is 2.20. The lowest BCUT2D eigenvalue weighted by atomic mass is 9.96. The predicted octanol–water partition coefficient (Wildman–Crippen LogP) is 4.57. The highest BCUT2D eigenvalue weighted by molar-refractivity contribution is 6.32. The summed E-state index contributed by atoms with van der Waals surface area (Å²) in [7, 11) is 0. The van der Waals surface area contributed by atoms with Crippen molar-refractivity contribution >= 4 is 17.6 Å². The third-order valence-corrected chi connectivity index (χ3v) is 4.15. The maximum absolute atomic E-state index is 12.0. The fraction of sp³-hybridized carbons (Fsp3) is 0.500. The molecule has 0 N–H and O–H groups in total. The largest absolute Gasteiger partial charge is 0.427 e. The number of ether oxygens (including phenoxy) is 1. The summed E-state index contributed by atoms with van der Waals surface area (Å²) in [5, 5.41) is 4.66. The second-order valence-corrected chi connectivity index (χ2v) is 7.34. The van der Waals surface area contributed by atoms with E-state index in [4.69, 9.17) is 20.9 Å². The van der Waals surface area contributed by atoms with Crippen LogP contribution in [0.3, 0.4) is 0 Å². The van der Waals surface area contributed by atoms with Gasteiger partial charge in [0.15, 0.2) is 5.82 Å². The summed E-state index contributed by atoms with van der Waals surface area (Å²) >= 11 is 6.11. The van der Waals surface area contributed by atoms with Crippen molar-refractivity contribution in [2.24, 2.45) is 0 Å². The fourth-order valence-electron chi connectivity index (χ4n) is 2.19. The Morgan fingerprint density at radius 3 is 2.42 bits per heavy atom. The lowest BCUT2D eigenvalue weighted by Gasteiger charge is -2.10. The molecule has 1 aromatic heterocycles. The van der Waals surface area contributed by atoms with E-state index < -0.39 is 0 Å². The van der Waals surface area contributed by atoms with Gasteiger partial charge in [-0.15, -0.1) is 0 Å². The van der Waals surface area contributed by atoms with Crippen LogP contribution in [0.1, 0.15) is 56.5 Å². The van der Waals surface area contributed by atoms with Crippen molar-refractivity contribution in [3.8, 4) is 5.75 Å². The summed E-state index contributed by atoms with van der Waals surface area (Å²) in [5.41, 5.74) is 1.63. The van der Waals surface area contributed by atoms with Crippen LogP contribution in [0.4, 0.5) is 0 Å². The first kappa shape index (κ1) is 18.5. The van der Waals surface area contributed by atoms with E-state index in [-0.39, 0.29) is 17.8 Å². The second kappa shape index (κ2) is 7.34. The fourth-order valence-corrected chi connectivity index (χ4v) is 2.30. The summed E-state index contributed by atoms with van der Waals surface area (Å²) in [6, 6.07) is 3.53. The average Bonchev–Trinajstić information content (AvgIpc) is 2.93. The van der Waals surface area contributed by atoms with Crippen molar-refractivity contribution in [3.05, 3.63) is 40.0 Å². The number of rotatable bonds is 5. The van der Waals surface area contributed by atoms with E-state index in [0.717, 1.165) is 11.1 Å². The summed E-state index contributed by atoms with van der Waals surface area (Å²) in [4.78, 5) is 16.3. The molecule has 0 fully saturated rings. The van der Waals surface area contributed by atoms with Gasteiger partial charge >= 0.3 is 5.97 Å². The molecule has 0 unspecified atom stereocenters. The maximum Gasteiger partial charge on any atom is 0.311 e. The zero-order valence-corrected chi connectivity index (χ0v) is 15.5. The Morgan fingerprint density at radius 1 is 1.25 bits per heavy atom.